The fraction of sp³-hybridized carbons (Fsp3) is 0.952. The average Bonchev–Trinajstić information content (AvgIpc) is 3.09. The summed E-state index contributed by atoms with van der Waals surface area (Å²) in [4.78, 5) is 34.5. The molecular formula is C42H82N4O9. The van der Waals surface area contributed by atoms with Crippen LogP contribution in [0.1, 0.15) is 108 Å². The van der Waals surface area contributed by atoms with Gasteiger partial charge in [-0.2, -0.15) is 0 Å². The number of aliphatic hydroxyl groups excluding tert-OH is 2. The zero-order chi connectivity index (χ0) is 42.1. The van der Waals surface area contributed by atoms with Gasteiger partial charge in [0, 0.05) is 31.1 Å². The van der Waals surface area contributed by atoms with Crippen molar-refractivity contribution >= 4 is 11.8 Å². The molecule has 55 heavy (non-hydrogen) atoms. The number of nitrogens with one attached hydrogen (secondary N) is 1. The Kier molecular flexibility index (Phi) is 19.6. The predicted octanol–water partition coefficient (Wildman–Crippen LogP) is 3.56. The molecule has 0 spiro atoms. The zero-order valence-corrected chi connectivity index (χ0v) is 37.3. The molecule has 2 aliphatic rings. The van der Waals surface area contributed by atoms with Crippen LogP contribution in [-0.2, 0) is 28.5 Å². The number of carbonyl (C=O) groups excluding carboxylic acids is 2. The second-order valence-corrected chi connectivity index (χ2v) is 18.9. The van der Waals surface area contributed by atoms with E-state index in [1.165, 1.54) is 13.8 Å². The molecular weight excluding hydrogens is 704 g/mol. The lowest BCUT2D eigenvalue weighted by Crippen LogP contribution is -2.60. The lowest BCUT2D eigenvalue weighted by Gasteiger charge is -2.48. The summed E-state index contributed by atoms with van der Waals surface area (Å²) in [5.74, 6) is -3.32. The van der Waals surface area contributed by atoms with Gasteiger partial charge in [-0.15, -0.1) is 0 Å². The van der Waals surface area contributed by atoms with Crippen LogP contribution in [0.4, 0.5) is 0 Å². The highest BCUT2D eigenvalue weighted by molar-refractivity contribution is 6.00. The third-order valence-corrected chi connectivity index (χ3v) is 12.0. The van der Waals surface area contributed by atoms with Gasteiger partial charge in [0.05, 0.1) is 24.4 Å². The van der Waals surface area contributed by atoms with Gasteiger partial charge in [0.25, 0.3) is 0 Å². The van der Waals surface area contributed by atoms with E-state index in [2.05, 4.69) is 42.8 Å². The number of rotatable bonds is 14. The van der Waals surface area contributed by atoms with Crippen molar-refractivity contribution in [2.75, 3.05) is 67.5 Å². The van der Waals surface area contributed by atoms with Crippen molar-refractivity contribution in [2.24, 2.45) is 23.2 Å². The molecule has 0 unspecified atom stereocenters. The quantitative estimate of drug-likeness (QED) is 0.116. The molecule has 2 rings (SSSR count). The summed E-state index contributed by atoms with van der Waals surface area (Å²) >= 11 is 0. The van der Waals surface area contributed by atoms with Crippen molar-refractivity contribution in [1.82, 2.24) is 20.0 Å². The van der Waals surface area contributed by atoms with Gasteiger partial charge in [-0.05, 0) is 126 Å². The van der Waals surface area contributed by atoms with Gasteiger partial charge in [-0.3, -0.25) is 9.59 Å². The maximum absolute atomic E-state index is 14.5. The summed E-state index contributed by atoms with van der Waals surface area (Å²) in [6, 6.07) is -0.741. The van der Waals surface area contributed by atoms with Crippen molar-refractivity contribution in [3.63, 3.8) is 0 Å². The first kappa shape index (κ1) is 49.9. The number of cyclic esters (lactones) is 1. The van der Waals surface area contributed by atoms with Crippen molar-refractivity contribution in [2.45, 2.75) is 168 Å². The maximum atomic E-state index is 14.5. The van der Waals surface area contributed by atoms with Gasteiger partial charge in [0.1, 0.15) is 29.8 Å². The summed E-state index contributed by atoms with van der Waals surface area (Å²) in [6.07, 6.45) is -2.30. The number of esters is 1. The first-order valence-electron chi connectivity index (χ1n) is 20.9. The molecule has 0 bridgehead atoms. The molecule has 2 saturated heterocycles. The smallest absolute Gasteiger partial charge is 0.316 e. The molecule has 13 heteroatoms. The molecule has 0 radical (unpaired) electrons. The standard InChI is InChI=1S/C42H82N4O9/c1-16-33-42(11,51)36(49)31(6)46(15)26-27(2)25-41(10,52-23-20-43-19-17-21-44(12)13)37(29(4)34(47)30(5)38(50)54-33)55-39-35(48)32(24-28(3)53-39)45(14)22-18-40(7,8)9/h27-33,35-37,39,43,48-49,51H,16-26H2,1-15H3/t27-,28-,29+,30-,31-,32+,33-,35-,36-,37-,39+,41-,42-/m1/s1. The molecule has 0 aromatic carbocycles. The Hall–Kier alpha value is -1.26. The first-order valence-corrected chi connectivity index (χ1v) is 20.9. The van der Waals surface area contributed by atoms with Gasteiger partial charge in [0.2, 0.25) is 0 Å². The summed E-state index contributed by atoms with van der Waals surface area (Å²) in [5.41, 5.74) is -2.74. The Morgan fingerprint density at radius 3 is 2.24 bits per heavy atom. The SMILES string of the molecule is CC[C@H]1OC(=O)[C@H](C)C(=O)[C@H](C)[C@@H](O[C@@H]2O[C@H](C)C[C@H](N(C)CCC(C)(C)C)[C@H]2O)[C@](C)(OCCNCCCN(C)C)C[C@@H](C)CN(C)[C@H](C)[C@@H](O)[C@]1(C)O. The van der Waals surface area contributed by atoms with E-state index in [-0.39, 0.29) is 29.9 Å². The molecule has 13 atom stereocenters. The number of hydrogen-bond acceptors (Lipinski definition) is 13. The van der Waals surface area contributed by atoms with Crippen molar-refractivity contribution in [3.8, 4) is 0 Å². The summed E-state index contributed by atoms with van der Waals surface area (Å²) < 4.78 is 25.9. The third-order valence-electron chi connectivity index (χ3n) is 12.0. The number of hydrogen-bond donors (Lipinski definition) is 4. The highest BCUT2D eigenvalue weighted by atomic mass is 16.7. The van der Waals surface area contributed by atoms with Crippen molar-refractivity contribution < 1.29 is 43.9 Å². The van der Waals surface area contributed by atoms with Gasteiger partial charge < -0.3 is 54.3 Å². The van der Waals surface area contributed by atoms with Crippen LogP contribution in [0.5, 0.6) is 0 Å². The first-order chi connectivity index (χ1) is 25.4. The zero-order valence-electron chi connectivity index (χ0n) is 37.3. The molecule has 0 aliphatic carbocycles. The Morgan fingerprint density at radius 2 is 1.65 bits per heavy atom. The van der Waals surface area contributed by atoms with Crippen LogP contribution in [0.15, 0.2) is 0 Å². The summed E-state index contributed by atoms with van der Waals surface area (Å²) in [5, 5.41) is 38.5. The number of aliphatic hydroxyl groups is 3. The molecule has 2 aliphatic heterocycles. The van der Waals surface area contributed by atoms with Crippen LogP contribution < -0.4 is 5.32 Å². The van der Waals surface area contributed by atoms with E-state index < -0.39 is 71.5 Å². The van der Waals surface area contributed by atoms with Gasteiger partial charge in [-0.25, -0.2) is 0 Å². The minimum Gasteiger partial charge on any atom is -0.459 e. The Balaban J connectivity index is 2.62. The monoisotopic (exact) mass is 787 g/mol. The van der Waals surface area contributed by atoms with Crippen LogP contribution in [-0.4, -0.2) is 169 Å². The highest BCUT2D eigenvalue weighted by Gasteiger charge is 2.51. The number of ether oxygens (including phenoxy) is 4. The van der Waals surface area contributed by atoms with E-state index in [9.17, 15) is 24.9 Å². The van der Waals surface area contributed by atoms with E-state index in [0.717, 1.165) is 32.5 Å². The third kappa shape index (κ3) is 14.5. The van der Waals surface area contributed by atoms with E-state index in [0.29, 0.717) is 32.5 Å². The van der Waals surface area contributed by atoms with Crippen LogP contribution in [0.25, 0.3) is 0 Å². The Bertz CT molecular complexity index is 1170. The van der Waals surface area contributed by atoms with E-state index in [1.54, 1.807) is 13.8 Å². The van der Waals surface area contributed by atoms with Gasteiger partial charge in [0.15, 0.2) is 12.1 Å². The highest BCUT2D eigenvalue weighted by Crippen LogP contribution is 2.38. The predicted molar refractivity (Wildman–Crippen MR) is 217 cm³/mol. The fourth-order valence-corrected chi connectivity index (χ4v) is 8.30. The van der Waals surface area contributed by atoms with E-state index >= 15 is 0 Å². The molecule has 0 saturated carbocycles. The van der Waals surface area contributed by atoms with Crippen molar-refractivity contribution in [3.05, 3.63) is 0 Å². The minimum atomic E-state index is -1.78. The molecule has 0 aromatic heterocycles. The summed E-state index contributed by atoms with van der Waals surface area (Å²) in [7, 11) is 8.01. The van der Waals surface area contributed by atoms with Crippen LogP contribution in [0.3, 0.4) is 0 Å². The Labute approximate surface area is 334 Å². The second-order valence-electron chi connectivity index (χ2n) is 18.9. The largest absolute Gasteiger partial charge is 0.459 e. The lowest BCUT2D eigenvalue weighted by atomic mass is 9.78. The minimum absolute atomic E-state index is 0.0362. The number of ketones is 1. The number of carbonyl (C=O) groups is 2. The molecule has 0 aromatic rings. The van der Waals surface area contributed by atoms with Crippen LogP contribution in [0, 0.1) is 23.2 Å². The van der Waals surface area contributed by atoms with Crippen LogP contribution >= 0.6 is 0 Å². The number of likely N-dealkylation sites (N-methyl/N-ethyl adjacent to an activating group) is 2. The molecule has 13 nitrogen and oxygen atoms in total. The molecule has 2 heterocycles. The van der Waals surface area contributed by atoms with E-state index in [1.807, 2.05) is 53.9 Å². The molecule has 2 fully saturated rings. The second kappa shape index (κ2) is 21.7. The lowest BCUT2D eigenvalue weighted by molar-refractivity contribution is -0.298. The van der Waals surface area contributed by atoms with Crippen molar-refractivity contribution in [1.29, 1.82) is 0 Å². The number of Topliss-reactive ketones (excluding diaryl/α,β-unsaturated/α-hetero) is 1. The normalized spacial score (nSPS) is 38.2. The summed E-state index contributed by atoms with van der Waals surface area (Å²) in [6.45, 7) is 25.0. The Morgan fingerprint density at radius 1 is 1.02 bits per heavy atom. The number of nitrogens with zero attached hydrogens (tertiary/aromatic N) is 3. The van der Waals surface area contributed by atoms with Gasteiger partial charge >= 0.3 is 5.97 Å². The van der Waals surface area contributed by atoms with E-state index in [4.69, 9.17) is 18.9 Å². The molecule has 0 amide bonds. The maximum Gasteiger partial charge on any atom is 0.316 e. The average molecular weight is 787 g/mol. The van der Waals surface area contributed by atoms with Crippen LogP contribution in [0.2, 0.25) is 0 Å². The molecule has 324 valence electrons. The molecule has 4 N–H and O–H groups in total. The van der Waals surface area contributed by atoms with Gasteiger partial charge in [-0.1, -0.05) is 41.5 Å². The fourth-order valence-electron chi connectivity index (χ4n) is 8.30. The topological polar surface area (TPSA) is 154 Å².